The lowest BCUT2D eigenvalue weighted by atomic mass is 10.0. The Balaban J connectivity index is 2.16. The molecule has 1 saturated heterocycles. The fourth-order valence-corrected chi connectivity index (χ4v) is 5.24. The van der Waals surface area contributed by atoms with Crippen LogP contribution in [0.1, 0.15) is 34.7 Å². The molecule has 146 valence electrons. The molecule has 1 aliphatic rings. The molecule has 2 heterocycles. The van der Waals surface area contributed by atoms with Gasteiger partial charge in [0.05, 0.1) is 28.8 Å². The molecular weight excluding hydrogens is 402 g/mol. The fraction of sp³-hybridized carbons (Fsp3) is 0.316. The average molecular weight is 420 g/mol. The van der Waals surface area contributed by atoms with Gasteiger partial charge in [-0.05, 0) is 49.6 Å². The number of pyridine rings is 1. The van der Waals surface area contributed by atoms with E-state index >= 15 is 0 Å². The van der Waals surface area contributed by atoms with Gasteiger partial charge in [0, 0.05) is 11.2 Å². The topological polar surface area (TPSA) is 113 Å². The Kier molecular flexibility index (Phi) is 5.33. The number of hydrogen-bond donors (Lipinski definition) is 1. The highest BCUT2D eigenvalue weighted by molar-refractivity contribution is 7.91. The fourth-order valence-electron chi connectivity index (χ4n) is 3.31. The Morgan fingerprint density at radius 1 is 1.39 bits per heavy atom. The van der Waals surface area contributed by atoms with Gasteiger partial charge in [-0.2, -0.15) is 5.26 Å². The first kappa shape index (κ1) is 20.1. The molecule has 1 aliphatic heterocycles. The molecule has 1 N–H and O–H groups in total. The van der Waals surface area contributed by atoms with Crippen LogP contribution in [-0.4, -0.2) is 35.8 Å². The van der Waals surface area contributed by atoms with Crippen LogP contribution in [0.4, 0.5) is 5.69 Å². The lowest BCUT2D eigenvalue weighted by Crippen LogP contribution is -2.29. The molecule has 0 spiro atoms. The number of benzene rings is 1. The summed E-state index contributed by atoms with van der Waals surface area (Å²) < 4.78 is 24.6. The van der Waals surface area contributed by atoms with E-state index in [-0.39, 0.29) is 40.5 Å². The van der Waals surface area contributed by atoms with Gasteiger partial charge in [0.25, 0.3) is 5.56 Å². The molecule has 9 heteroatoms. The van der Waals surface area contributed by atoms with Crippen molar-refractivity contribution in [2.24, 2.45) is 4.99 Å². The predicted octanol–water partition coefficient (Wildman–Crippen LogP) is 2.81. The SMILES string of the molecule is Cc1cc(Cl)ccc1N=Cc1c(C)c(C#N)c(=O)n([C@@H]2CCS(=O)(=O)C2)c1O. The van der Waals surface area contributed by atoms with E-state index in [1.165, 1.54) is 6.21 Å². The van der Waals surface area contributed by atoms with E-state index in [4.69, 9.17) is 11.6 Å². The number of nitriles is 1. The number of aromatic nitrogens is 1. The minimum atomic E-state index is -3.28. The van der Waals surface area contributed by atoms with Gasteiger partial charge in [0.1, 0.15) is 11.6 Å². The molecule has 28 heavy (non-hydrogen) atoms. The molecule has 0 aliphatic carbocycles. The second-order valence-electron chi connectivity index (χ2n) is 6.77. The molecule has 0 bridgehead atoms. The maximum absolute atomic E-state index is 12.7. The van der Waals surface area contributed by atoms with Crippen molar-refractivity contribution in [2.75, 3.05) is 11.5 Å². The van der Waals surface area contributed by atoms with Crippen LogP contribution in [0.25, 0.3) is 0 Å². The van der Waals surface area contributed by atoms with Crippen molar-refractivity contribution in [3.05, 3.63) is 55.8 Å². The van der Waals surface area contributed by atoms with Gasteiger partial charge in [0.2, 0.25) is 5.88 Å². The van der Waals surface area contributed by atoms with Crippen LogP contribution < -0.4 is 5.56 Å². The third kappa shape index (κ3) is 3.68. The maximum atomic E-state index is 12.7. The first-order valence-corrected chi connectivity index (χ1v) is 10.7. The number of nitrogens with zero attached hydrogens (tertiary/aromatic N) is 3. The molecule has 0 saturated carbocycles. The average Bonchev–Trinajstić information content (AvgIpc) is 2.96. The number of sulfone groups is 1. The summed E-state index contributed by atoms with van der Waals surface area (Å²) in [6.45, 7) is 3.38. The Morgan fingerprint density at radius 2 is 2.11 bits per heavy atom. The summed E-state index contributed by atoms with van der Waals surface area (Å²) in [7, 11) is -3.28. The third-order valence-corrected chi connectivity index (χ3v) is 6.84. The zero-order chi connectivity index (χ0) is 20.6. The van der Waals surface area contributed by atoms with Crippen molar-refractivity contribution in [2.45, 2.75) is 26.3 Å². The summed E-state index contributed by atoms with van der Waals surface area (Å²) in [4.78, 5) is 17.0. The van der Waals surface area contributed by atoms with Gasteiger partial charge in [-0.1, -0.05) is 11.6 Å². The van der Waals surface area contributed by atoms with Crippen LogP contribution in [-0.2, 0) is 9.84 Å². The van der Waals surface area contributed by atoms with E-state index in [0.717, 1.165) is 10.1 Å². The summed E-state index contributed by atoms with van der Waals surface area (Å²) in [6.07, 6.45) is 1.58. The summed E-state index contributed by atoms with van der Waals surface area (Å²) in [5.74, 6) is -0.701. The molecule has 1 aromatic heterocycles. The van der Waals surface area contributed by atoms with Crippen LogP contribution in [0.5, 0.6) is 5.88 Å². The Morgan fingerprint density at radius 3 is 2.68 bits per heavy atom. The monoisotopic (exact) mass is 419 g/mol. The minimum absolute atomic E-state index is 0.0628. The summed E-state index contributed by atoms with van der Waals surface area (Å²) in [6, 6.07) is 6.28. The summed E-state index contributed by atoms with van der Waals surface area (Å²) >= 11 is 5.94. The standard InChI is InChI=1S/C19H18ClN3O4S/c1-11-7-13(20)3-4-17(11)22-9-16-12(2)15(8-21)18(24)23(19(16)25)14-5-6-28(26,27)10-14/h3-4,7,9,14,25H,5-6,10H2,1-2H3/t14-/m1/s1. The van der Waals surface area contributed by atoms with Gasteiger partial charge >= 0.3 is 0 Å². The molecule has 1 atom stereocenters. The maximum Gasteiger partial charge on any atom is 0.271 e. The zero-order valence-electron chi connectivity index (χ0n) is 15.3. The van der Waals surface area contributed by atoms with Gasteiger partial charge in [-0.25, -0.2) is 8.42 Å². The molecule has 3 rings (SSSR count). The molecule has 1 aromatic carbocycles. The van der Waals surface area contributed by atoms with Crippen molar-refractivity contribution in [1.82, 2.24) is 4.57 Å². The molecule has 7 nitrogen and oxygen atoms in total. The first-order valence-electron chi connectivity index (χ1n) is 8.53. The predicted molar refractivity (Wildman–Crippen MR) is 108 cm³/mol. The van der Waals surface area contributed by atoms with E-state index in [1.54, 1.807) is 25.1 Å². The van der Waals surface area contributed by atoms with Crippen LogP contribution in [0, 0.1) is 25.2 Å². The number of aromatic hydroxyl groups is 1. The van der Waals surface area contributed by atoms with Gasteiger partial charge < -0.3 is 5.11 Å². The third-order valence-electron chi connectivity index (χ3n) is 4.86. The normalized spacial score (nSPS) is 18.4. The number of rotatable bonds is 3. The molecule has 2 aromatic rings. The molecule has 0 amide bonds. The highest BCUT2D eigenvalue weighted by atomic mass is 35.5. The van der Waals surface area contributed by atoms with Crippen LogP contribution in [0.2, 0.25) is 5.02 Å². The summed E-state index contributed by atoms with van der Waals surface area (Å²) in [5, 5.41) is 20.7. The number of aryl methyl sites for hydroxylation is 1. The van der Waals surface area contributed by atoms with Crippen LogP contribution >= 0.6 is 11.6 Å². The van der Waals surface area contributed by atoms with Crippen molar-refractivity contribution in [1.29, 1.82) is 5.26 Å². The number of halogens is 1. The second-order valence-corrected chi connectivity index (χ2v) is 9.44. The number of hydrogen-bond acceptors (Lipinski definition) is 6. The molecule has 0 unspecified atom stereocenters. The highest BCUT2D eigenvalue weighted by Crippen LogP contribution is 2.30. The van der Waals surface area contributed by atoms with Crippen molar-refractivity contribution >= 4 is 33.3 Å². The van der Waals surface area contributed by atoms with Gasteiger partial charge in [0.15, 0.2) is 9.84 Å². The second kappa shape index (κ2) is 7.41. The summed E-state index contributed by atoms with van der Waals surface area (Å²) in [5.41, 5.74) is 1.09. The van der Waals surface area contributed by atoms with Crippen LogP contribution in [0.3, 0.4) is 0 Å². The van der Waals surface area contributed by atoms with Crippen molar-refractivity contribution in [3.8, 4) is 11.9 Å². The van der Waals surface area contributed by atoms with E-state index in [0.29, 0.717) is 10.7 Å². The quantitative estimate of drug-likeness (QED) is 0.768. The Hall–Kier alpha value is -2.63. The van der Waals surface area contributed by atoms with E-state index in [2.05, 4.69) is 4.99 Å². The Labute approximate surface area is 167 Å². The number of aliphatic imine (C=N–C) groups is 1. The smallest absolute Gasteiger partial charge is 0.271 e. The van der Waals surface area contributed by atoms with Crippen LogP contribution in [0.15, 0.2) is 28.0 Å². The van der Waals surface area contributed by atoms with E-state index < -0.39 is 21.4 Å². The van der Waals surface area contributed by atoms with Gasteiger partial charge in [-0.3, -0.25) is 14.4 Å². The Bertz CT molecular complexity index is 1190. The lowest BCUT2D eigenvalue weighted by molar-refractivity contribution is 0.379. The van der Waals surface area contributed by atoms with E-state index in [1.807, 2.05) is 13.0 Å². The van der Waals surface area contributed by atoms with Crippen molar-refractivity contribution in [3.63, 3.8) is 0 Å². The molecule has 1 fully saturated rings. The molecule has 0 radical (unpaired) electrons. The molecular formula is C19H18ClN3O4S. The first-order chi connectivity index (χ1) is 13.1. The van der Waals surface area contributed by atoms with E-state index in [9.17, 15) is 23.6 Å². The lowest BCUT2D eigenvalue weighted by Gasteiger charge is -2.18. The largest absolute Gasteiger partial charge is 0.494 e. The van der Waals surface area contributed by atoms with Gasteiger partial charge in [-0.15, -0.1) is 0 Å². The van der Waals surface area contributed by atoms with Crippen molar-refractivity contribution < 1.29 is 13.5 Å². The zero-order valence-corrected chi connectivity index (χ0v) is 16.9. The minimum Gasteiger partial charge on any atom is -0.494 e. The highest BCUT2D eigenvalue weighted by Gasteiger charge is 2.33.